The lowest BCUT2D eigenvalue weighted by Crippen LogP contribution is -2.13. The summed E-state index contributed by atoms with van der Waals surface area (Å²) in [6.07, 6.45) is 1.33. The molecule has 1 N–H and O–H groups in total. The highest BCUT2D eigenvalue weighted by molar-refractivity contribution is 7.13. The van der Waals surface area contributed by atoms with Gasteiger partial charge in [-0.1, -0.05) is 23.5 Å². The topological polar surface area (TPSA) is 96.0 Å². The fourth-order valence-electron chi connectivity index (χ4n) is 1.75. The van der Waals surface area contributed by atoms with Gasteiger partial charge in [-0.3, -0.25) is 14.9 Å². The third kappa shape index (κ3) is 3.77. The average molecular weight is 313 g/mol. The molecule has 0 saturated carbocycles. The molecule has 0 radical (unpaired) electrons. The second-order valence-corrected chi connectivity index (χ2v) is 5.36. The van der Waals surface area contributed by atoms with Crippen LogP contribution < -0.4 is 5.32 Å². The molecule has 22 heavy (non-hydrogen) atoms. The van der Waals surface area contributed by atoms with Crippen LogP contribution in [0.15, 0.2) is 41.3 Å². The number of benzene rings is 1. The van der Waals surface area contributed by atoms with Crippen LogP contribution in [0.25, 0.3) is 6.08 Å². The molecule has 1 heterocycles. The van der Waals surface area contributed by atoms with Crippen molar-refractivity contribution in [1.29, 1.82) is 5.26 Å². The van der Waals surface area contributed by atoms with Crippen molar-refractivity contribution in [3.05, 3.63) is 62.5 Å². The zero-order valence-corrected chi connectivity index (χ0v) is 12.4. The minimum absolute atomic E-state index is 0.0392. The number of nitrogens with zero attached hydrogens (tertiary/aromatic N) is 2. The Labute approximate surface area is 130 Å². The molecule has 0 aliphatic rings. The van der Waals surface area contributed by atoms with E-state index in [4.69, 9.17) is 5.26 Å². The van der Waals surface area contributed by atoms with E-state index in [0.717, 1.165) is 16.9 Å². The number of nitro groups is 1. The number of hydrogen-bond acceptors (Lipinski definition) is 5. The van der Waals surface area contributed by atoms with Crippen molar-refractivity contribution in [2.45, 2.75) is 6.92 Å². The van der Waals surface area contributed by atoms with Gasteiger partial charge in [0.2, 0.25) is 0 Å². The second kappa shape index (κ2) is 6.65. The second-order valence-electron chi connectivity index (χ2n) is 4.47. The fraction of sp³-hybridized carbons (Fsp3) is 0.0667. The molecule has 1 aromatic carbocycles. The Morgan fingerprint density at radius 3 is 2.82 bits per heavy atom. The molecule has 0 unspecified atom stereocenters. The molecule has 1 aromatic heterocycles. The Morgan fingerprint density at radius 1 is 1.45 bits per heavy atom. The third-order valence-corrected chi connectivity index (χ3v) is 3.64. The molecule has 7 heteroatoms. The molecule has 2 aromatic rings. The quantitative estimate of drug-likeness (QED) is 0.404. The van der Waals surface area contributed by atoms with Gasteiger partial charge in [0.25, 0.3) is 5.91 Å². The van der Waals surface area contributed by atoms with E-state index in [1.807, 2.05) is 19.1 Å². The average Bonchev–Trinajstić information content (AvgIpc) is 2.93. The van der Waals surface area contributed by atoms with Crippen LogP contribution >= 0.6 is 11.3 Å². The lowest BCUT2D eigenvalue weighted by molar-refractivity contribution is -0.380. The van der Waals surface area contributed by atoms with E-state index in [0.29, 0.717) is 11.3 Å². The van der Waals surface area contributed by atoms with E-state index < -0.39 is 10.8 Å². The first-order valence-corrected chi connectivity index (χ1v) is 7.10. The van der Waals surface area contributed by atoms with Crippen LogP contribution in [-0.2, 0) is 4.79 Å². The number of rotatable bonds is 4. The SMILES string of the molecule is Cc1cccc(NC(=O)/C(C#N)=C/c2csc([N+](=O)[O-])c2)c1. The first-order valence-electron chi connectivity index (χ1n) is 6.22. The minimum Gasteiger partial charge on any atom is -0.321 e. The van der Waals surface area contributed by atoms with Crippen LogP contribution in [0.2, 0.25) is 0 Å². The van der Waals surface area contributed by atoms with Gasteiger partial charge in [0, 0.05) is 17.1 Å². The predicted molar refractivity (Wildman–Crippen MR) is 84.4 cm³/mol. The van der Waals surface area contributed by atoms with Crippen LogP contribution in [-0.4, -0.2) is 10.8 Å². The van der Waals surface area contributed by atoms with Crippen LogP contribution in [0, 0.1) is 28.4 Å². The summed E-state index contributed by atoms with van der Waals surface area (Å²) in [5.74, 6) is -0.554. The molecule has 0 saturated heterocycles. The first-order chi connectivity index (χ1) is 10.5. The maximum absolute atomic E-state index is 12.1. The first kappa shape index (κ1) is 15.4. The molecule has 0 fully saturated rings. The number of nitriles is 1. The maximum atomic E-state index is 12.1. The molecular formula is C15H11N3O3S. The van der Waals surface area contributed by atoms with Crippen LogP contribution in [0.3, 0.4) is 0 Å². The number of carbonyl (C=O) groups excluding carboxylic acids is 1. The van der Waals surface area contributed by atoms with Gasteiger partial charge < -0.3 is 5.32 Å². The largest absolute Gasteiger partial charge is 0.324 e. The fourth-order valence-corrected chi connectivity index (χ4v) is 2.43. The van der Waals surface area contributed by atoms with E-state index in [2.05, 4.69) is 5.32 Å². The Balaban J connectivity index is 2.19. The Morgan fingerprint density at radius 2 is 2.23 bits per heavy atom. The summed E-state index contributed by atoms with van der Waals surface area (Å²) in [7, 11) is 0. The van der Waals surface area contributed by atoms with Crippen molar-refractivity contribution in [3.63, 3.8) is 0 Å². The van der Waals surface area contributed by atoms with E-state index in [1.54, 1.807) is 18.2 Å². The van der Waals surface area contributed by atoms with Gasteiger partial charge in [0.1, 0.15) is 11.6 Å². The van der Waals surface area contributed by atoms with Gasteiger partial charge in [-0.25, -0.2) is 0 Å². The van der Waals surface area contributed by atoms with Crippen molar-refractivity contribution in [2.75, 3.05) is 5.32 Å². The number of carbonyl (C=O) groups is 1. The van der Waals surface area contributed by atoms with Gasteiger partial charge >= 0.3 is 5.00 Å². The van der Waals surface area contributed by atoms with E-state index in [1.165, 1.54) is 17.5 Å². The maximum Gasteiger partial charge on any atom is 0.324 e. The van der Waals surface area contributed by atoms with Crippen LogP contribution in [0.5, 0.6) is 0 Å². The standard InChI is InChI=1S/C15H11N3O3S/c1-10-3-2-4-13(5-10)17-15(19)12(8-16)6-11-7-14(18(20)21)22-9-11/h2-7,9H,1H3,(H,17,19)/b12-6+. The zero-order chi connectivity index (χ0) is 16.1. The molecule has 0 aliphatic carbocycles. The summed E-state index contributed by atoms with van der Waals surface area (Å²) in [4.78, 5) is 22.2. The number of amides is 1. The van der Waals surface area contributed by atoms with Gasteiger partial charge in [0.05, 0.1) is 4.92 Å². The molecule has 0 atom stereocenters. The molecular weight excluding hydrogens is 302 g/mol. The molecule has 110 valence electrons. The lowest BCUT2D eigenvalue weighted by atomic mass is 10.1. The summed E-state index contributed by atoms with van der Waals surface area (Å²) < 4.78 is 0. The van der Waals surface area contributed by atoms with E-state index >= 15 is 0 Å². The van der Waals surface area contributed by atoms with E-state index in [9.17, 15) is 14.9 Å². The zero-order valence-electron chi connectivity index (χ0n) is 11.6. The van der Waals surface area contributed by atoms with Crippen molar-refractivity contribution < 1.29 is 9.72 Å². The van der Waals surface area contributed by atoms with Crippen molar-refractivity contribution in [3.8, 4) is 6.07 Å². The Hall–Kier alpha value is -2.98. The number of thiophene rings is 1. The highest BCUT2D eigenvalue weighted by Gasteiger charge is 2.13. The summed E-state index contributed by atoms with van der Waals surface area (Å²) in [6.45, 7) is 1.89. The molecule has 6 nitrogen and oxygen atoms in total. The third-order valence-electron chi connectivity index (χ3n) is 2.74. The molecule has 1 amide bonds. The summed E-state index contributed by atoms with van der Waals surface area (Å²) in [5, 5.41) is 23.8. The predicted octanol–water partition coefficient (Wildman–Crippen LogP) is 3.51. The molecule has 0 spiro atoms. The minimum atomic E-state index is -0.554. The van der Waals surface area contributed by atoms with Gasteiger partial charge in [-0.05, 0) is 36.3 Å². The number of anilines is 1. The van der Waals surface area contributed by atoms with Crippen molar-refractivity contribution >= 4 is 34.0 Å². The van der Waals surface area contributed by atoms with Gasteiger partial charge in [0.15, 0.2) is 0 Å². The number of nitrogens with one attached hydrogen (secondary N) is 1. The molecule has 2 rings (SSSR count). The highest BCUT2D eigenvalue weighted by Crippen LogP contribution is 2.24. The summed E-state index contributed by atoms with van der Waals surface area (Å²) in [6, 6.07) is 10.3. The van der Waals surface area contributed by atoms with Crippen LogP contribution in [0.4, 0.5) is 10.7 Å². The van der Waals surface area contributed by atoms with Gasteiger partial charge in [-0.2, -0.15) is 5.26 Å². The number of aryl methyl sites for hydroxylation is 1. The lowest BCUT2D eigenvalue weighted by Gasteiger charge is -2.04. The molecule has 0 bridgehead atoms. The van der Waals surface area contributed by atoms with Gasteiger partial charge in [-0.15, -0.1) is 0 Å². The van der Waals surface area contributed by atoms with E-state index in [-0.39, 0.29) is 10.6 Å². The monoisotopic (exact) mass is 313 g/mol. The Bertz CT molecular complexity index is 802. The molecule has 0 aliphatic heterocycles. The normalized spacial score (nSPS) is 10.8. The van der Waals surface area contributed by atoms with Crippen molar-refractivity contribution in [2.24, 2.45) is 0 Å². The Kier molecular flexibility index (Phi) is 4.66. The van der Waals surface area contributed by atoms with Crippen molar-refractivity contribution in [1.82, 2.24) is 0 Å². The number of hydrogen-bond donors (Lipinski definition) is 1. The smallest absolute Gasteiger partial charge is 0.321 e. The highest BCUT2D eigenvalue weighted by atomic mass is 32.1. The summed E-state index contributed by atoms with van der Waals surface area (Å²) in [5.41, 5.74) is 1.90. The van der Waals surface area contributed by atoms with Crippen LogP contribution in [0.1, 0.15) is 11.1 Å². The summed E-state index contributed by atoms with van der Waals surface area (Å²) >= 11 is 0.943.